The second-order valence-corrected chi connectivity index (χ2v) is 4.51. The molecule has 0 unspecified atom stereocenters. The molecule has 6 nitrogen and oxygen atoms in total. The van der Waals surface area contributed by atoms with E-state index in [-0.39, 0.29) is 5.69 Å². The fraction of sp³-hybridized carbons (Fsp3) is 0. The van der Waals surface area contributed by atoms with Crippen LogP contribution in [0.25, 0.3) is 17.8 Å². The summed E-state index contributed by atoms with van der Waals surface area (Å²) < 4.78 is 1.77. The summed E-state index contributed by atoms with van der Waals surface area (Å²) in [5, 5.41) is 13.1. The van der Waals surface area contributed by atoms with Gasteiger partial charge in [-0.25, -0.2) is 19.4 Å². The van der Waals surface area contributed by atoms with E-state index in [0.29, 0.717) is 5.69 Å². The molecule has 0 spiro atoms. The van der Waals surface area contributed by atoms with Crippen molar-refractivity contribution in [2.45, 2.75) is 0 Å². The van der Waals surface area contributed by atoms with Crippen LogP contribution >= 0.6 is 0 Å². The van der Waals surface area contributed by atoms with Crippen molar-refractivity contribution in [2.24, 2.45) is 0 Å². The van der Waals surface area contributed by atoms with Gasteiger partial charge in [-0.3, -0.25) is 0 Å². The quantitative estimate of drug-likeness (QED) is 0.799. The van der Waals surface area contributed by atoms with Crippen LogP contribution in [-0.4, -0.2) is 30.8 Å². The van der Waals surface area contributed by atoms with E-state index in [0.717, 1.165) is 11.3 Å². The maximum Gasteiger partial charge on any atom is 0.354 e. The van der Waals surface area contributed by atoms with E-state index in [1.54, 1.807) is 17.0 Å². The van der Waals surface area contributed by atoms with Gasteiger partial charge in [-0.15, -0.1) is 0 Å². The Morgan fingerprint density at radius 3 is 2.64 bits per heavy atom. The normalized spacial score (nSPS) is 10.9. The van der Waals surface area contributed by atoms with Crippen LogP contribution < -0.4 is 0 Å². The minimum Gasteiger partial charge on any atom is -0.477 e. The Morgan fingerprint density at radius 2 is 1.95 bits per heavy atom. The highest BCUT2D eigenvalue weighted by Crippen LogP contribution is 2.11. The molecule has 1 aromatic carbocycles. The third kappa shape index (κ3) is 3.06. The van der Waals surface area contributed by atoms with E-state index in [2.05, 4.69) is 15.1 Å². The third-order valence-corrected chi connectivity index (χ3v) is 3.02. The molecule has 0 aliphatic heterocycles. The van der Waals surface area contributed by atoms with Crippen LogP contribution in [0.5, 0.6) is 0 Å². The fourth-order valence-electron chi connectivity index (χ4n) is 1.92. The highest BCUT2D eigenvalue weighted by Gasteiger charge is 2.04. The van der Waals surface area contributed by atoms with Crippen LogP contribution in [0.1, 0.15) is 21.7 Å². The van der Waals surface area contributed by atoms with E-state index >= 15 is 0 Å². The Bertz CT molecular complexity index is 808. The second kappa shape index (κ2) is 6.01. The molecule has 2 heterocycles. The first kappa shape index (κ1) is 13.7. The Morgan fingerprint density at radius 1 is 1.14 bits per heavy atom. The molecule has 0 saturated carbocycles. The van der Waals surface area contributed by atoms with Gasteiger partial charge in [0.15, 0.2) is 5.69 Å². The second-order valence-electron chi connectivity index (χ2n) is 4.51. The average Bonchev–Trinajstić information content (AvgIpc) is 3.08. The van der Waals surface area contributed by atoms with Crippen LogP contribution in [0.3, 0.4) is 0 Å². The predicted octanol–water partition coefficient (Wildman–Crippen LogP) is 2.53. The monoisotopic (exact) mass is 292 g/mol. The van der Waals surface area contributed by atoms with Crippen LogP contribution in [0.4, 0.5) is 0 Å². The lowest BCUT2D eigenvalue weighted by molar-refractivity contribution is 0.0690. The zero-order chi connectivity index (χ0) is 15.4. The lowest BCUT2D eigenvalue weighted by Crippen LogP contribution is -2.00. The zero-order valence-electron chi connectivity index (χ0n) is 11.5. The molecule has 0 saturated heterocycles. The SMILES string of the molecule is O=C(O)c1cc(/C=C/c2ccc(-n3cccn3)cc2)ncn1. The molecule has 6 heteroatoms. The van der Waals surface area contributed by atoms with Gasteiger partial charge in [-0.05, 0) is 35.9 Å². The molecule has 22 heavy (non-hydrogen) atoms. The van der Waals surface area contributed by atoms with Gasteiger partial charge in [-0.1, -0.05) is 18.2 Å². The van der Waals surface area contributed by atoms with Gasteiger partial charge in [0.25, 0.3) is 0 Å². The average molecular weight is 292 g/mol. The minimum atomic E-state index is -1.07. The summed E-state index contributed by atoms with van der Waals surface area (Å²) in [5.74, 6) is -1.07. The molecule has 0 radical (unpaired) electrons. The van der Waals surface area contributed by atoms with Crippen molar-refractivity contribution in [3.63, 3.8) is 0 Å². The topological polar surface area (TPSA) is 80.9 Å². The maximum atomic E-state index is 10.9. The number of hydrogen-bond acceptors (Lipinski definition) is 4. The summed E-state index contributed by atoms with van der Waals surface area (Å²) in [5.41, 5.74) is 2.47. The Kier molecular flexibility index (Phi) is 3.74. The molecule has 108 valence electrons. The lowest BCUT2D eigenvalue weighted by Gasteiger charge is -2.01. The number of hydrogen-bond donors (Lipinski definition) is 1. The summed E-state index contributed by atoms with van der Waals surface area (Å²) in [6, 6.07) is 11.1. The van der Waals surface area contributed by atoms with Gasteiger partial charge in [-0.2, -0.15) is 5.10 Å². The molecule has 3 rings (SSSR count). The standard InChI is InChI=1S/C16H12N4O2/c21-16(22)15-10-13(17-11-18-15)5-2-12-3-6-14(7-4-12)20-9-1-8-19-20/h1-11H,(H,21,22)/b5-2+. The number of benzene rings is 1. The summed E-state index contributed by atoms with van der Waals surface area (Å²) >= 11 is 0. The molecule has 2 aromatic heterocycles. The van der Waals surface area contributed by atoms with Gasteiger partial charge in [0.05, 0.1) is 11.4 Å². The number of carboxylic acids is 1. The number of carbonyl (C=O) groups is 1. The van der Waals surface area contributed by atoms with Gasteiger partial charge in [0.1, 0.15) is 6.33 Å². The van der Waals surface area contributed by atoms with Gasteiger partial charge >= 0.3 is 5.97 Å². The van der Waals surface area contributed by atoms with E-state index in [4.69, 9.17) is 5.11 Å². The number of nitrogens with zero attached hydrogens (tertiary/aromatic N) is 4. The van der Waals surface area contributed by atoms with Crippen LogP contribution in [-0.2, 0) is 0 Å². The van der Waals surface area contributed by atoms with Crippen molar-refractivity contribution < 1.29 is 9.90 Å². The van der Waals surface area contributed by atoms with Gasteiger partial charge in [0, 0.05) is 12.4 Å². The maximum absolute atomic E-state index is 10.9. The summed E-state index contributed by atoms with van der Waals surface area (Å²) in [6.07, 6.45) is 8.45. The third-order valence-electron chi connectivity index (χ3n) is 3.02. The van der Waals surface area contributed by atoms with E-state index in [1.807, 2.05) is 42.6 Å². The number of rotatable bonds is 4. The molecule has 0 bridgehead atoms. The smallest absolute Gasteiger partial charge is 0.354 e. The Hall–Kier alpha value is -3.28. The first-order chi connectivity index (χ1) is 10.7. The first-order valence-electron chi connectivity index (χ1n) is 6.56. The molecule has 0 fully saturated rings. The number of aromatic nitrogens is 4. The van der Waals surface area contributed by atoms with Crippen molar-refractivity contribution in [1.29, 1.82) is 0 Å². The van der Waals surface area contributed by atoms with Crippen molar-refractivity contribution in [3.8, 4) is 5.69 Å². The first-order valence-corrected chi connectivity index (χ1v) is 6.56. The van der Waals surface area contributed by atoms with E-state index in [9.17, 15) is 4.79 Å². The molecule has 1 N–H and O–H groups in total. The highest BCUT2D eigenvalue weighted by molar-refractivity contribution is 5.86. The fourth-order valence-corrected chi connectivity index (χ4v) is 1.92. The molecule has 0 amide bonds. The minimum absolute atomic E-state index is 0.0244. The van der Waals surface area contributed by atoms with Gasteiger partial charge < -0.3 is 5.11 Å². The molecular formula is C16H12N4O2. The van der Waals surface area contributed by atoms with E-state index in [1.165, 1.54) is 12.4 Å². The summed E-state index contributed by atoms with van der Waals surface area (Å²) in [6.45, 7) is 0. The summed E-state index contributed by atoms with van der Waals surface area (Å²) in [4.78, 5) is 18.6. The van der Waals surface area contributed by atoms with Crippen molar-refractivity contribution in [2.75, 3.05) is 0 Å². The molecule has 0 aliphatic carbocycles. The van der Waals surface area contributed by atoms with Crippen LogP contribution in [0, 0.1) is 0 Å². The summed E-state index contributed by atoms with van der Waals surface area (Å²) in [7, 11) is 0. The largest absolute Gasteiger partial charge is 0.477 e. The van der Waals surface area contributed by atoms with Gasteiger partial charge in [0.2, 0.25) is 0 Å². The zero-order valence-corrected chi connectivity index (χ0v) is 11.5. The van der Waals surface area contributed by atoms with Crippen molar-refractivity contribution in [1.82, 2.24) is 19.7 Å². The van der Waals surface area contributed by atoms with Crippen LogP contribution in [0.2, 0.25) is 0 Å². The molecule has 3 aromatic rings. The molecule has 0 atom stereocenters. The Balaban J connectivity index is 1.78. The van der Waals surface area contributed by atoms with E-state index < -0.39 is 5.97 Å². The van der Waals surface area contributed by atoms with Crippen LogP contribution in [0.15, 0.2) is 55.1 Å². The molecule has 0 aliphatic rings. The van der Waals surface area contributed by atoms with Crippen molar-refractivity contribution in [3.05, 3.63) is 72.1 Å². The number of carboxylic acid groups (broad SMARTS) is 1. The number of aromatic carboxylic acids is 1. The Labute approximate surface area is 126 Å². The van der Waals surface area contributed by atoms with Crippen molar-refractivity contribution >= 4 is 18.1 Å². The predicted molar refractivity (Wildman–Crippen MR) is 81.5 cm³/mol. The molecular weight excluding hydrogens is 280 g/mol. The highest BCUT2D eigenvalue weighted by atomic mass is 16.4. The lowest BCUT2D eigenvalue weighted by atomic mass is 10.2.